The van der Waals surface area contributed by atoms with Crippen LogP contribution in [-0.4, -0.2) is 49.3 Å². The van der Waals surface area contributed by atoms with Gasteiger partial charge in [0.2, 0.25) is 0 Å². The summed E-state index contributed by atoms with van der Waals surface area (Å²) in [5, 5.41) is 9.43. The van der Waals surface area contributed by atoms with Gasteiger partial charge >= 0.3 is 5.97 Å². The fraction of sp³-hybridized carbons (Fsp3) is 0.562. The van der Waals surface area contributed by atoms with Crippen LogP contribution < -0.4 is 0 Å². The maximum Gasteiger partial charge on any atom is 0.312 e. The Hall–Kier alpha value is -1.39. The van der Waals surface area contributed by atoms with Crippen LogP contribution in [0.4, 0.5) is 0 Å². The lowest BCUT2D eigenvalue weighted by atomic mass is 9.96. The monoisotopic (exact) mass is 277 g/mol. The number of hydrogen-bond donors (Lipinski definition) is 1. The zero-order valence-corrected chi connectivity index (χ0v) is 12.0. The minimum Gasteiger partial charge on any atom is -0.481 e. The van der Waals surface area contributed by atoms with E-state index in [1.807, 2.05) is 37.4 Å². The van der Waals surface area contributed by atoms with Crippen LogP contribution in [0.25, 0.3) is 0 Å². The number of ether oxygens (including phenoxy) is 1. The highest BCUT2D eigenvalue weighted by Crippen LogP contribution is 2.20. The van der Waals surface area contributed by atoms with Crippen LogP contribution in [0, 0.1) is 5.92 Å². The molecule has 1 fully saturated rings. The topological polar surface area (TPSA) is 49.8 Å². The second-order valence-corrected chi connectivity index (χ2v) is 5.58. The van der Waals surface area contributed by atoms with E-state index < -0.39 is 11.9 Å². The second-order valence-electron chi connectivity index (χ2n) is 5.58. The molecule has 0 aliphatic carbocycles. The predicted molar refractivity (Wildman–Crippen MR) is 77.9 cm³/mol. The largest absolute Gasteiger partial charge is 0.481 e. The molecule has 4 heteroatoms. The molecule has 0 bridgehead atoms. The molecular weight excluding hydrogens is 254 g/mol. The molecule has 1 aromatic carbocycles. The fourth-order valence-electron chi connectivity index (χ4n) is 2.77. The standard InChI is InChI=1S/C16H23NO3/c1-17(11-13-7-9-20-10-8-13)12-15(16(18)19)14-5-3-2-4-6-14/h2-6,13,15H,7-12H2,1H3,(H,18,19). The highest BCUT2D eigenvalue weighted by atomic mass is 16.5. The van der Waals surface area contributed by atoms with Crippen molar-refractivity contribution < 1.29 is 14.6 Å². The Kier molecular flexibility index (Phi) is 5.56. The molecule has 1 heterocycles. The molecule has 1 atom stereocenters. The number of rotatable bonds is 6. The van der Waals surface area contributed by atoms with Gasteiger partial charge in [0.05, 0.1) is 5.92 Å². The smallest absolute Gasteiger partial charge is 0.312 e. The number of nitrogens with zero attached hydrogens (tertiary/aromatic N) is 1. The molecule has 0 radical (unpaired) electrons. The Morgan fingerprint density at radius 2 is 2.00 bits per heavy atom. The SMILES string of the molecule is CN(CC1CCOCC1)CC(C(=O)O)c1ccccc1. The van der Waals surface area contributed by atoms with Gasteiger partial charge in [0.25, 0.3) is 0 Å². The Morgan fingerprint density at radius 3 is 2.60 bits per heavy atom. The molecule has 1 saturated heterocycles. The minimum atomic E-state index is -0.755. The Morgan fingerprint density at radius 1 is 1.35 bits per heavy atom. The van der Waals surface area contributed by atoms with E-state index >= 15 is 0 Å². The first-order chi connectivity index (χ1) is 9.66. The molecule has 1 N–H and O–H groups in total. The third-order valence-corrected chi connectivity index (χ3v) is 3.91. The number of carboxylic acids is 1. The molecule has 20 heavy (non-hydrogen) atoms. The Labute approximate surface area is 120 Å². The van der Waals surface area contributed by atoms with E-state index in [9.17, 15) is 9.90 Å². The summed E-state index contributed by atoms with van der Waals surface area (Å²) >= 11 is 0. The molecule has 0 amide bonds. The summed E-state index contributed by atoms with van der Waals surface area (Å²) < 4.78 is 5.36. The minimum absolute atomic E-state index is 0.457. The fourth-order valence-corrected chi connectivity index (χ4v) is 2.77. The normalized spacial score (nSPS) is 18.1. The zero-order chi connectivity index (χ0) is 14.4. The van der Waals surface area contributed by atoms with Gasteiger partial charge in [-0.05, 0) is 31.4 Å². The van der Waals surface area contributed by atoms with Crippen molar-refractivity contribution in [1.29, 1.82) is 0 Å². The van der Waals surface area contributed by atoms with Gasteiger partial charge in [-0.15, -0.1) is 0 Å². The van der Waals surface area contributed by atoms with Gasteiger partial charge < -0.3 is 14.7 Å². The maximum atomic E-state index is 11.5. The van der Waals surface area contributed by atoms with Crippen LogP contribution in [0.2, 0.25) is 0 Å². The van der Waals surface area contributed by atoms with Gasteiger partial charge in [0.1, 0.15) is 0 Å². The van der Waals surface area contributed by atoms with Crippen LogP contribution in [0.15, 0.2) is 30.3 Å². The van der Waals surface area contributed by atoms with E-state index in [0.717, 1.165) is 38.2 Å². The molecule has 110 valence electrons. The van der Waals surface area contributed by atoms with E-state index in [-0.39, 0.29) is 0 Å². The summed E-state index contributed by atoms with van der Waals surface area (Å²) in [5.41, 5.74) is 0.874. The zero-order valence-electron chi connectivity index (χ0n) is 12.0. The molecule has 4 nitrogen and oxygen atoms in total. The summed E-state index contributed by atoms with van der Waals surface area (Å²) in [7, 11) is 2.01. The van der Waals surface area contributed by atoms with Gasteiger partial charge in [-0.2, -0.15) is 0 Å². The first-order valence-corrected chi connectivity index (χ1v) is 7.21. The molecule has 1 aliphatic heterocycles. The van der Waals surface area contributed by atoms with Gasteiger partial charge in [-0.3, -0.25) is 4.79 Å². The van der Waals surface area contributed by atoms with Gasteiger partial charge in [0.15, 0.2) is 0 Å². The van der Waals surface area contributed by atoms with Crippen LogP contribution in [0.3, 0.4) is 0 Å². The maximum absolute atomic E-state index is 11.5. The van der Waals surface area contributed by atoms with Crippen molar-refractivity contribution in [3.05, 3.63) is 35.9 Å². The van der Waals surface area contributed by atoms with Crippen LogP contribution in [0.1, 0.15) is 24.3 Å². The number of aliphatic carboxylic acids is 1. The molecule has 1 unspecified atom stereocenters. The van der Waals surface area contributed by atoms with E-state index in [1.165, 1.54) is 0 Å². The number of carboxylic acid groups (broad SMARTS) is 1. The van der Waals surface area contributed by atoms with Crippen LogP contribution in [-0.2, 0) is 9.53 Å². The first-order valence-electron chi connectivity index (χ1n) is 7.21. The van der Waals surface area contributed by atoms with Crippen molar-refractivity contribution >= 4 is 5.97 Å². The van der Waals surface area contributed by atoms with Crippen LogP contribution in [0.5, 0.6) is 0 Å². The molecular formula is C16H23NO3. The lowest BCUT2D eigenvalue weighted by Gasteiger charge is -2.28. The quantitative estimate of drug-likeness (QED) is 0.866. The van der Waals surface area contributed by atoms with Crippen molar-refractivity contribution in [1.82, 2.24) is 4.90 Å². The average molecular weight is 277 g/mol. The van der Waals surface area contributed by atoms with Gasteiger partial charge in [0, 0.05) is 26.3 Å². The van der Waals surface area contributed by atoms with Crippen molar-refractivity contribution in [3.63, 3.8) is 0 Å². The van der Waals surface area contributed by atoms with Crippen LogP contribution >= 0.6 is 0 Å². The summed E-state index contributed by atoms with van der Waals surface area (Å²) in [5.74, 6) is -0.588. The van der Waals surface area contributed by atoms with Gasteiger partial charge in [-0.25, -0.2) is 0 Å². The highest BCUT2D eigenvalue weighted by molar-refractivity contribution is 5.76. The number of carbonyl (C=O) groups is 1. The van der Waals surface area contributed by atoms with E-state index in [1.54, 1.807) is 0 Å². The summed E-state index contributed by atoms with van der Waals surface area (Å²) in [6, 6.07) is 9.48. The molecule has 0 aromatic heterocycles. The molecule has 1 aromatic rings. The lowest BCUT2D eigenvalue weighted by molar-refractivity contribution is -0.139. The molecule has 0 saturated carbocycles. The number of hydrogen-bond acceptors (Lipinski definition) is 3. The molecule has 0 spiro atoms. The Balaban J connectivity index is 1.92. The van der Waals surface area contributed by atoms with Crippen molar-refractivity contribution in [3.8, 4) is 0 Å². The summed E-state index contributed by atoms with van der Waals surface area (Å²) in [6.45, 7) is 3.16. The molecule has 1 aliphatic rings. The van der Waals surface area contributed by atoms with Gasteiger partial charge in [-0.1, -0.05) is 30.3 Å². The Bertz CT molecular complexity index is 415. The van der Waals surface area contributed by atoms with E-state index in [2.05, 4.69) is 4.90 Å². The third kappa shape index (κ3) is 4.32. The van der Waals surface area contributed by atoms with E-state index in [4.69, 9.17) is 4.74 Å². The van der Waals surface area contributed by atoms with E-state index in [0.29, 0.717) is 12.5 Å². The molecule has 2 rings (SSSR count). The number of benzene rings is 1. The average Bonchev–Trinajstić information content (AvgIpc) is 2.46. The summed E-state index contributed by atoms with van der Waals surface area (Å²) in [6.07, 6.45) is 2.15. The third-order valence-electron chi connectivity index (χ3n) is 3.91. The van der Waals surface area contributed by atoms with Crippen molar-refractivity contribution in [2.75, 3.05) is 33.4 Å². The number of likely N-dealkylation sites (N-methyl/N-ethyl adjacent to an activating group) is 1. The first kappa shape index (κ1) is 15.0. The second kappa shape index (κ2) is 7.41. The highest BCUT2D eigenvalue weighted by Gasteiger charge is 2.23. The van der Waals surface area contributed by atoms with Crippen molar-refractivity contribution in [2.24, 2.45) is 5.92 Å². The van der Waals surface area contributed by atoms with Crippen molar-refractivity contribution in [2.45, 2.75) is 18.8 Å². The summed E-state index contributed by atoms with van der Waals surface area (Å²) in [4.78, 5) is 13.6. The lowest BCUT2D eigenvalue weighted by Crippen LogP contribution is -2.34. The predicted octanol–water partition coefficient (Wildman–Crippen LogP) is 2.21.